The van der Waals surface area contributed by atoms with E-state index in [1.165, 1.54) is 5.56 Å². The summed E-state index contributed by atoms with van der Waals surface area (Å²) in [7, 11) is 1.71. The van der Waals surface area contributed by atoms with Gasteiger partial charge in [-0.3, -0.25) is 9.69 Å². The summed E-state index contributed by atoms with van der Waals surface area (Å²) < 4.78 is 11.0. The Morgan fingerprint density at radius 1 is 1.00 bits per heavy atom. The van der Waals surface area contributed by atoms with Crippen LogP contribution in [0, 0.1) is 0 Å². The fourth-order valence-electron chi connectivity index (χ4n) is 4.09. The SMILES string of the molecule is C=CCOc1ccc(/C=N\NC(=O)c2ccc(CN3CCN(c4ccccc4OC)CC3)cc2)cc1. The van der Waals surface area contributed by atoms with Crippen molar-refractivity contribution in [2.45, 2.75) is 6.54 Å². The lowest BCUT2D eigenvalue weighted by molar-refractivity contribution is 0.0955. The molecule has 0 unspecified atom stereocenters. The highest BCUT2D eigenvalue weighted by Gasteiger charge is 2.19. The minimum Gasteiger partial charge on any atom is -0.495 e. The van der Waals surface area contributed by atoms with Gasteiger partial charge in [0.25, 0.3) is 5.91 Å². The van der Waals surface area contributed by atoms with Crippen molar-refractivity contribution in [3.63, 3.8) is 0 Å². The Morgan fingerprint density at radius 3 is 2.42 bits per heavy atom. The molecule has 1 heterocycles. The van der Waals surface area contributed by atoms with Crippen LogP contribution < -0.4 is 19.8 Å². The van der Waals surface area contributed by atoms with E-state index in [1.54, 1.807) is 19.4 Å². The van der Waals surface area contributed by atoms with E-state index in [1.807, 2.05) is 66.7 Å². The van der Waals surface area contributed by atoms with Gasteiger partial charge in [-0.05, 0) is 59.7 Å². The molecular formula is C29H32N4O3. The summed E-state index contributed by atoms with van der Waals surface area (Å²) in [4.78, 5) is 17.3. The van der Waals surface area contributed by atoms with Gasteiger partial charge in [0.2, 0.25) is 0 Å². The van der Waals surface area contributed by atoms with E-state index in [2.05, 4.69) is 33.0 Å². The molecule has 0 saturated carbocycles. The van der Waals surface area contributed by atoms with Crippen LogP contribution in [0.15, 0.2) is 90.6 Å². The first-order valence-electron chi connectivity index (χ1n) is 12.0. The quantitative estimate of drug-likeness (QED) is 0.263. The van der Waals surface area contributed by atoms with Crippen molar-refractivity contribution in [1.82, 2.24) is 10.3 Å². The molecule has 3 aromatic rings. The Morgan fingerprint density at radius 2 is 1.72 bits per heavy atom. The van der Waals surface area contributed by atoms with E-state index in [0.29, 0.717) is 12.2 Å². The molecular weight excluding hydrogens is 452 g/mol. The Balaban J connectivity index is 1.24. The van der Waals surface area contributed by atoms with Crippen molar-refractivity contribution >= 4 is 17.8 Å². The van der Waals surface area contributed by atoms with E-state index in [-0.39, 0.29) is 5.91 Å². The van der Waals surface area contributed by atoms with Gasteiger partial charge < -0.3 is 14.4 Å². The van der Waals surface area contributed by atoms with Gasteiger partial charge in [-0.2, -0.15) is 5.10 Å². The number of anilines is 1. The fourth-order valence-corrected chi connectivity index (χ4v) is 4.09. The summed E-state index contributed by atoms with van der Waals surface area (Å²) in [6, 6.07) is 23.3. The molecule has 7 nitrogen and oxygen atoms in total. The molecule has 1 amide bonds. The van der Waals surface area contributed by atoms with Crippen LogP contribution in [-0.4, -0.2) is 56.9 Å². The average Bonchev–Trinajstić information content (AvgIpc) is 2.93. The number of piperazine rings is 1. The Labute approximate surface area is 212 Å². The molecule has 4 rings (SSSR count). The van der Waals surface area contributed by atoms with Crippen molar-refractivity contribution in [2.75, 3.05) is 44.8 Å². The van der Waals surface area contributed by atoms with Gasteiger partial charge in [-0.1, -0.05) is 36.9 Å². The average molecular weight is 485 g/mol. The number of nitrogens with zero attached hydrogens (tertiary/aromatic N) is 3. The van der Waals surface area contributed by atoms with Crippen molar-refractivity contribution in [2.24, 2.45) is 5.10 Å². The summed E-state index contributed by atoms with van der Waals surface area (Å²) >= 11 is 0. The maximum atomic E-state index is 12.5. The lowest BCUT2D eigenvalue weighted by atomic mass is 10.1. The molecule has 1 fully saturated rings. The molecule has 0 radical (unpaired) electrons. The monoisotopic (exact) mass is 484 g/mol. The molecule has 1 aliphatic rings. The van der Waals surface area contributed by atoms with Crippen LogP contribution in [0.4, 0.5) is 5.69 Å². The van der Waals surface area contributed by atoms with Gasteiger partial charge in [0.05, 0.1) is 19.0 Å². The number of carbonyl (C=O) groups excluding carboxylic acids is 1. The standard InChI is InChI=1S/C29H32N4O3/c1-3-20-36-26-14-10-23(11-15-26)21-30-31-29(34)25-12-8-24(9-13-25)22-32-16-18-33(19-17-32)27-6-4-5-7-28(27)35-2/h3-15,21H,1,16-20,22H2,2H3,(H,31,34)/b30-21-. The molecule has 3 aromatic carbocycles. The number of ether oxygens (including phenoxy) is 2. The highest BCUT2D eigenvalue weighted by atomic mass is 16.5. The van der Waals surface area contributed by atoms with E-state index in [0.717, 1.165) is 55.5 Å². The molecule has 186 valence electrons. The number of amides is 1. The second-order valence-corrected chi connectivity index (χ2v) is 8.50. The number of methoxy groups -OCH3 is 1. The summed E-state index contributed by atoms with van der Waals surface area (Å²) in [5, 5.41) is 4.07. The van der Waals surface area contributed by atoms with Crippen molar-refractivity contribution in [3.05, 3.63) is 102 Å². The molecule has 0 spiro atoms. The third-order valence-corrected chi connectivity index (χ3v) is 6.05. The first kappa shape index (κ1) is 25.0. The Hall–Kier alpha value is -4.10. The topological polar surface area (TPSA) is 66.4 Å². The highest BCUT2D eigenvalue weighted by Crippen LogP contribution is 2.28. The van der Waals surface area contributed by atoms with Crippen LogP contribution in [0.25, 0.3) is 0 Å². The maximum absolute atomic E-state index is 12.5. The minimum atomic E-state index is -0.242. The number of para-hydroxylation sites is 2. The van der Waals surface area contributed by atoms with Crippen LogP contribution in [0.2, 0.25) is 0 Å². The molecule has 0 aliphatic carbocycles. The normalized spacial score (nSPS) is 14.0. The first-order valence-corrected chi connectivity index (χ1v) is 12.0. The number of carbonyl (C=O) groups is 1. The summed E-state index contributed by atoms with van der Waals surface area (Å²) in [5.41, 5.74) is 6.35. The molecule has 1 saturated heterocycles. The number of nitrogens with one attached hydrogen (secondary N) is 1. The molecule has 7 heteroatoms. The molecule has 1 N–H and O–H groups in total. The van der Waals surface area contributed by atoms with Gasteiger partial charge in [0.15, 0.2) is 0 Å². The number of hydrogen-bond donors (Lipinski definition) is 1. The van der Waals surface area contributed by atoms with Gasteiger partial charge in [-0.25, -0.2) is 5.43 Å². The fraction of sp³-hybridized carbons (Fsp3) is 0.241. The summed E-state index contributed by atoms with van der Waals surface area (Å²) in [5.74, 6) is 1.43. The van der Waals surface area contributed by atoms with E-state index < -0.39 is 0 Å². The predicted octanol–water partition coefficient (Wildman–Crippen LogP) is 4.35. The van der Waals surface area contributed by atoms with Gasteiger partial charge >= 0.3 is 0 Å². The number of benzene rings is 3. The minimum absolute atomic E-state index is 0.242. The van der Waals surface area contributed by atoms with Crippen LogP contribution in [-0.2, 0) is 6.54 Å². The number of rotatable bonds is 10. The van der Waals surface area contributed by atoms with Crippen LogP contribution in [0.1, 0.15) is 21.5 Å². The Kier molecular flexibility index (Phi) is 8.72. The van der Waals surface area contributed by atoms with Crippen molar-refractivity contribution in [1.29, 1.82) is 0 Å². The van der Waals surface area contributed by atoms with E-state index in [4.69, 9.17) is 9.47 Å². The van der Waals surface area contributed by atoms with E-state index >= 15 is 0 Å². The zero-order chi connectivity index (χ0) is 25.2. The van der Waals surface area contributed by atoms with Crippen LogP contribution in [0.5, 0.6) is 11.5 Å². The maximum Gasteiger partial charge on any atom is 0.271 e. The van der Waals surface area contributed by atoms with E-state index in [9.17, 15) is 4.79 Å². The van der Waals surface area contributed by atoms with Gasteiger partial charge in [-0.15, -0.1) is 0 Å². The largest absolute Gasteiger partial charge is 0.495 e. The molecule has 0 atom stereocenters. The summed E-state index contributed by atoms with van der Waals surface area (Å²) in [6.45, 7) is 8.78. The molecule has 0 aromatic heterocycles. The number of hydrogen-bond acceptors (Lipinski definition) is 6. The third kappa shape index (κ3) is 6.73. The second kappa shape index (κ2) is 12.6. The lowest BCUT2D eigenvalue weighted by Crippen LogP contribution is -2.46. The zero-order valence-electron chi connectivity index (χ0n) is 20.6. The van der Waals surface area contributed by atoms with Gasteiger partial charge in [0.1, 0.15) is 18.1 Å². The molecule has 0 bridgehead atoms. The number of hydrazone groups is 1. The second-order valence-electron chi connectivity index (χ2n) is 8.50. The highest BCUT2D eigenvalue weighted by molar-refractivity contribution is 5.94. The molecule has 1 aliphatic heterocycles. The van der Waals surface area contributed by atoms with Crippen LogP contribution in [0.3, 0.4) is 0 Å². The zero-order valence-corrected chi connectivity index (χ0v) is 20.6. The van der Waals surface area contributed by atoms with Crippen molar-refractivity contribution < 1.29 is 14.3 Å². The van der Waals surface area contributed by atoms with Crippen molar-refractivity contribution in [3.8, 4) is 11.5 Å². The smallest absolute Gasteiger partial charge is 0.271 e. The summed E-state index contributed by atoms with van der Waals surface area (Å²) in [6.07, 6.45) is 3.30. The first-order chi connectivity index (χ1) is 17.7. The van der Waals surface area contributed by atoms with Gasteiger partial charge in [0, 0.05) is 38.3 Å². The predicted molar refractivity (Wildman–Crippen MR) is 144 cm³/mol. The third-order valence-electron chi connectivity index (χ3n) is 6.05. The lowest BCUT2D eigenvalue weighted by Gasteiger charge is -2.36. The van der Waals surface area contributed by atoms with Crippen LogP contribution >= 0.6 is 0 Å². The molecule has 36 heavy (non-hydrogen) atoms. The Bertz CT molecular complexity index is 1170.